The summed E-state index contributed by atoms with van der Waals surface area (Å²) in [5.74, 6) is -3.79. The van der Waals surface area contributed by atoms with Gasteiger partial charge in [0, 0.05) is 84.1 Å². The van der Waals surface area contributed by atoms with Gasteiger partial charge in [-0.15, -0.1) is 0 Å². The van der Waals surface area contributed by atoms with Crippen LogP contribution in [-0.4, -0.2) is 266 Å². The van der Waals surface area contributed by atoms with Gasteiger partial charge in [0.15, 0.2) is 42.3 Å². The maximum atomic E-state index is 11.7. The number of alkyl halides is 1. The highest BCUT2D eigenvalue weighted by Crippen LogP contribution is 2.37. The zero-order valence-corrected chi connectivity index (χ0v) is 49.5. The van der Waals surface area contributed by atoms with Crippen molar-refractivity contribution in [3.8, 4) is 0 Å². The molecule has 3 aliphatic heterocycles. The number of esters is 7. The van der Waals surface area contributed by atoms with Crippen molar-refractivity contribution in [2.24, 2.45) is 11.8 Å². The quantitative estimate of drug-likeness (QED) is 0.0177. The molecule has 0 amide bonds. The fraction of sp³-hybridized carbons (Fsp3) is 0.833. The highest BCUT2D eigenvalue weighted by Gasteiger charge is 2.53. The van der Waals surface area contributed by atoms with E-state index in [0.717, 1.165) is 32.5 Å². The summed E-state index contributed by atoms with van der Waals surface area (Å²) < 4.78 is 68.5. The monoisotopic (exact) mass is 1280 g/mol. The second kappa shape index (κ2) is 39.2. The molecular weight excluding hydrogens is 1200 g/mol. The fourth-order valence-corrected chi connectivity index (χ4v) is 8.93. The van der Waals surface area contributed by atoms with Gasteiger partial charge in [-0.3, -0.25) is 38.4 Å². The van der Waals surface area contributed by atoms with Crippen LogP contribution in [0.25, 0.3) is 0 Å². The third kappa shape index (κ3) is 27.0. The van der Waals surface area contributed by atoms with Crippen molar-refractivity contribution in [1.82, 2.24) is 0 Å². The number of thioether (sulfide) groups is 1. The Hall–Kier alpha value is -3.46. The molecule has 470 valence electrons. The van der Waals surface area contributed by atoms with E-state index in [1.165, 1.54) is 34.6 Å². The van der Waals surface area contributed by atoms with Gasteiger partial charge in [0.2, 0.25) is 0 Å². The van der Waals surface area contributed by atoms with Gasteiger partial charge in [-0.05, 0) is 6.42 Å². The number of hydrogen-bond acceptors (Lipinski definition) is 32. The van der Waals surface area contributed by atoms with E-state index in [1.54, 1.807) is 0 Å². The van der Waals surface area contributed by atoms with E-state index < -0.39 is 159 Å². The molecule has 20 unspecified atom stereocenters. The summed E-state index contributed by atoms with van der Waals surface area (Å²) >= 11 is 8.23. The van der Waals surface area contributed by atoms with Crippen LogP contribution in [0.5, 0.6) is 0 Å². The van der Waals surface area contributed by atoms with Gasteiger partial charge >= 0.3 is 41.8 Å². The Bertz CT molecular complexity index is 1930. The lowest BCUT2D eigenvalue weighted by atomic mass is 9.76. The molecule has 1 saturated carbocycles. The summed E-state index contributed by atoms with van der Waals surface area (Å²) in [5.41, 5.74) is 0. The largest absolute Gasteiger partial charge is 0.465 e. The third-order valence-electron chi connectivity index (χ3n) is 11.6. The van der Waals surface area contributed by atoms with Crippen molar-refractivity contribution in [2.45, 2.75) is 179 Å². The van der Waals surface area contributed by atoms with E-state index in [-0.39, 0.29) is 49.5 Å². The Morgan fingerprint density at radius 2 is 0.963 bits per heavy atom. The number of ether oxygens (including phenoxy) is 13. The van der Waals surface area contributed by atoms with Crippen LogP contribution >= 0.6 is 40.3 Å². The molecule has 1 aliphatic carbocycles. The van der Waals surface area contributed by atoms with Gasteiger partial charge < -0.3 is 108 Å². The van der Waals surface area contributed by atoms with Crippen molar-refractivity contribution < 1.29 is 146 Å². The summed E-state index contributed by atoms with van der Waals surface area (Å²) in [7, 11) is 0. The van der Waals surface area contributed by atoms with E-state index >= 15 is 0 Å². The van der Waals surface area contributed by atoms with Crippen molar-refractivity contribution in [2.75, 3.05) is 63.1 Å². The first-order chi connectivity index (χ1) is 37.9. The molecule has 9 N–H and O–H groups in total. The first-order valence-corrected chi connectivity index (χ1v) is 27.9. The fourth-order valence-electron chi connectivity index (χ4n) is 8.17. The van der Waals surface area contributed by atoms with E-state index in [0.29, 0.717) is 29.9 Å². The maximum Gasteiger partial charge on any atom is 0.303 e. The zero-order valence-electron chi connectivity index (χ0n) is 46.2. The van der Waals surface area contributed by atoms with Crippen LogP contribution in [0.1, 0.15) is 68.7 Å². The van der Waals surface area contributed by atoms with Crippen LogP contribution in [0.4, 0.5) is 0 Å². The summed E-state index contributed by atoms with van der Waals surface area (Å²) in [6.45, 7) is 11.4. The zero-order chi connectivity index (χ0) is 61.8. The maximum absolute atomic E-state index is 11.7. The molecule has 0 aromatic heterocycles. The van der Waals surface area contributed by atoms with Crippen LogP contribution in [-0.2, 0) is 99.9 Å². The lowest BCUT2D eigenvalue weighted by Gasteiger charge is -2.44. The molecule has 0 bridgehead atoms. The summed E-state index contributed by atoms with van der Waals surface area (Å²) in [4.78, 5) is 91.2. The van der Waals surface area contributed by atoms with Gasteiger partial charge in [0.25, 0.3) is 0 Å². The average molecular weight is 1280 g/mol. The Labute approximate surface area is 485 Å². The summed E-state index contributed by atoms with van der Waals surface area (Å²) in [6, 6.07) is 0. The number of rotatable bonds is 21. The molecule has 4 aliphatic rings. The number of aliphatic hydroxyl groups excluding tert-OH is 9. The van der Waals surface area contributed by atoms with E-state index in [2.05, 4.69) is 33.3 Å². The molecule has 20 atom stereocenters. The molecule has 81 heavy (non-hydrogen) atoms. The minimum absolute atomic E-state index is 0.0397. The molecular formula is C48H79BrO30S2. The minimum atomic E-state index is -1.57. The van der Waals surface area contributed by atoms with Gasteiger partial charge in [-0.25, -0.2) is 0 Å². The lowest BCUT2D eigenvalue weighted by Crippen LogP contribution is -2.63. The van der Waals surface area contributed by atoms with E-state index in [1.807, 2.05) is 6.92 Å². The molecule has 3 heterocycles. The Morgan fingerprint density at radius 3 is 1.46 bits per heavy atom. The van der Waals surface area contributed by atoms with Gasteiger partial charge in [-0.2, -0.15) is 12.6 Å². The molecule has 3 saturated heterocycles. The number of carbonyl (C=O) groups is 8. The molecule has 0 aromatic carbocycles. The van der Waals surface area contributed by atoms with Crippen LogP contribution in [0.15, 0.2) is 0 Å². The SMILES string of the molecule is CC(=O)OCC1CC(OCCBr)C(OC(C)=O)C(C)C1OC(C)=O.CC(=O)OCC1OC(OCCSC(C)=O)C(OC(C)=O)C(OC(C)=O)C1OC(C)=O.OCC1OC(O)C(O)C(O)C1O.OCC1OC(OCCS)C(O)C(O)C1O. The molecule has 0 radical (unpaired) electrons. The smallest absolute Gasteiger partial charge is 0.303 e. The topological polar surface area (TPSA) is 439 Å². The third-order valence-corrected chi connectivity index (χ3v) is 12.9. The highest BCUT2D eigenvalue weighted by atomic mass is 79.9. The molecule has 0 aromatic rings. The number of halogens is 1. The number of thiol groups is 1. The Balaban J connectivity index is 0.000000571. The van der Waals surface area contributed by atoms with Crippen molar-refractivity contribution in [3.05, 3.63) is 0 Å². The van der Waals surface area contributed by atoms with Crippen molar-refractivity contribution >= 4 is 87.2 Å². The van der Waals surface area contributed by atoms with Crippen LogP contribution in [0.2, 0.25) is 0 Å². The van der Waals surface area contributed by atoms with Crippen molar-refractivity contribution in [3.63, 3.8) is 0 Å². The first-order valence-electron chi connectivity index (χ1n) is 25.2. The van der Waals surface area contributed by atoms with Crippen LogP contribution in [0, 0.1) is 11.8 Å². The second-order valence-electron chi connectivity index (χ2n) is 18.2. The molecule has 30 nitrogen and oxygen atoms in total. The molecule has 33 heteroatoms. The number of carbonyl (C=O) groups excluding carboxylic acids is 8. The highest BCUT2D eigenvalue weighted by molar-refractivity contribution is 9.09. The second-order valence-corrected chi connectivity index (χ2v) is 20.7. The molecule has 0 spiro atoms. The lowest BCUT2D eigenvalue weighted by molar-refractivity contribution is -0.307. The standard InChI is InChI=1S/C18H26O11S.C16H25BrO7.C8H16O6S.C6H12O6/c1-9(19)25-8-14-15(26-10(2)20)16(27-11(3)21)17(28-12(4)22)18(29-14)24-6-7-30-13(5)23;1-9-15(23-11(3)19)13(8-22-10(2)18)7-14(21-6-5-17)16(9)24-12(4)20;9-3-4-5(10)6(11)7(12)8(14-4)13-1-2-15;7-1-2-3(8)4(9)5(10)6(11)12-2/h14-18H,6-8H2,1-5H3;9,13-16H,5-8H2,1-4H3;4-12,15H,1-3H2;2-11H,1H2. The summed E-state index contributed by atoms with van der Waals surface area (Å²) in [5, 5.41) is 82.3. The van der Waals surface area contributed by atoms with Gasteiger partial charge in [-0.1, -0.05) is 34.6 Å². The Morgan fingerprint density at radius 1 is 0.506 bits per heavy atom. The van der Waals surface area contributed by atoms with Gasteiger partial charge in [0.1, 0.15) is 73.8 Å². The van der Waals surface area contributed by atoms with E-state index in [9.17, 15) is 53.7 Å². The normalized spacial score (nSPS) is 33.3. The van der Waals surface area contributed by atoms with E-state index in [4.69, 9.17) is 87.5 Å². The minimum Gasteiger partial charge on any atom is -0.465 e. The van der Waals surface area contributed by atoms with Crippen LogP contribution in [0.3, 0.4) is 0 Å². The average Bonchev–Trinajstić information content (AvgIpc) is 3.51. The predicted molar refractivity (Wildman–Crippen MR) is 279 cm³/mol. The number of aliphatic hydroxyl groups is 9. The van der Waals surface area contributed by atoms with Crippen LogP contribution < -0.4 is 0 Å². The Kier molecular flexibility index (Phi) is 36.6. The number of hydrogen-bond donors (Lipinski definition) is 10. The van der Waals surface area contributed by atoms with Crippen molar-refractivity contribution in [1.29, 1.82) is 0 Å². The molecule has 4 fully saturated rings. The summed E-state index contributed by atoms with van der Waals surface area (Å²) in [6.07, 6.45) is -20.1. The van der Waals surface area contributed by atoms with Gasteiger partial charge in [0.05, 0.1) is 45.7 Å². The predicted octanol–water partition coefficient (Wildman–Crippen LogP) is -3.27. The first kappa shape index (κ1) is 75.6. The molecule has 4 rings (SSSR count).